The molecule has 3 aromatic carbocycles. The van der Waals surface area contributed by atoms with Crippen LogP contribution in [0.25, 0.3) is 0 Å². The van der Waals surface area contributed by atoms with Gasteiger partial charge in [-0.25, -0.2) is 14.4 Å². The summed E-state index contributed by atoms with van der Waals surface area (Å²) in [5, 5.41) is 90.0. The largest absolute Gasteiger partial charge is 1.00 e. The predicted octanol–water partition coefficient (Wildman–Crippen LogP) is -11.3. The molecule has 6 aliphatic rings. The molecule has 0 atom stereocenters. The minimum atomic E-state index is -1.38. The molecule has 12 rings (SSSR count). The van der Waals surface area contributed by atoms with Gasteiger partial charge in [-0.05, 0) is 73.1 Å². The predicted molar refractivity (Wildman–Crippen MR) is 290 cm³/mol. The van der Waals surface area contributed by atoms with Gasteiger partial charge in [-0.1, -0.05) is 18.2 Å². The van der Waals surface area contributed by atoms with Gasteiger partial charge in [-0.3, -0.25) is 44.6 Å². The molecular formula is C54H51B3N9Na3O21. The van der Waals surface area contributed by atoms with Gasteiger partial charge in [0.2, 0.25) is 0 Å². The number of carbonyl (C=O) groups is 6. The summed E-state index contributed by atoms with van der Waals surface area (Å²) < 4.78 is 33.6. The standard InChI is InChI=1S/3C18H18BN3O7.3Na/c3*23-17(24)13-6-20-11(5-21-13)7-22-8-12(9-22)28-14-2-1-10-3-4-19(27)29-16(10)15(14)18(25)26;;;/h3*1-2,5-6,12,27H,3-4,7-9H2,(H,23,24)(H,25,26);;;/q;;;3*+1/p-3. The molecule has 36 heteroatoms. The maximum absolute atomic E-state index is 11.8. The zero-order valence-electron chi connectivity index (χ0n) is 48.8. The molecule has 9 heterocycles. The number of likely N-dealkylation sites (tertiary alicyclic amines) is 3. The quantitative estimate of drug-likeness (QED) is 0.0435. The molecule has 3 saturated heterocycles. The molecule has 0 bridgehead atoms. The maximum Gasteiger partial charge on any atom is 1.00 e. The Morgan fingerprint density at radius 2 is 0.689 bits per heavy atom. The number of fused-ring (bicyclic) bond motifs is 3. The number of aromatic carboxylic acids is 6. The monoisotopic (exact) mass is 1260 g/mol. The van der Waals surface area contributed by atoms with E-state index >= 15 is 0 Å². The van der Waals surface area contributed by atoms with Gasteiger partial charge in [0.05, 0.1) is 72.2 Å². The number of carboxylic acids is 6. The average Bonchev–Trinajstić information content (AvgIpc) is 1.00. The van der Waals surface area contributed by atoms with Crippen LogP contribution in [0.15, 0.2) is 73.6 Å². The third kappa shape index (κ3) is 17.5. The fourth-order valence-corrected chi connectivity index (χ4v) is 10.2. The number of benzene rings is 3. The number of carbonyl (C=O) groups excluding carboxylic acids is 3. The molecule has 30 nitrogen and oxygen atoms in total. The van der Waals surface area contributed by atoms with Gasteiger partial charge in [-0.2, -0.15) is 0 Å². The van der Waals surface area contributed by atoms with E-state index in [1.807, 2.05) is 14.7 Å². The van der Waals surface area contributed by atoms with Gasteiger partial charge < -0.3 is 88.3 Å². The van der Waals surface area contributed by atoms with Crippen LogP contribution in [0, 0.1) is 0 Å². The number of nitrogens with zero attached hydrogens (tertiary/aromatic N) is 9. The molecule has 0 radical (unpaired) electrons. The molecule has 6 aromatic rings. The van der Waals surface area contributed by atoms with Gasteiger partial charge in [0.25, 0.3) is 0 Å². The summed E-state index contributed by atoms with van der Waals surface area (Å²) >= 11 is 0. The summed E-state index contributed by atoms with van der Waals surface area (Å²) in [6, 6.07) is 10.1. The van der Waals surface area contributed by atoms with E-state index in [1.54, 1.807) is 36.4 Å². The number of aryl methyl sites for hydroxylation is 3. The summed E-state index contributed by atoms with van der Waals surface area (Å²) in [5.74, 6) is -6.57. The van der Waals surface area contributed by atoms with Crippen molar-refractivity contribution in [3.8, 4) is 34.5 Å². The van der Waals surface area contributed by atoms with Crippen molar-refractivity contribution in [1.82, 2.24) is 44.6 Å². The fourth-order valence-electron chi connectivity index (χ4n) is 10.2. The van der Waals surface area contributed by atoms with Crippen molar-refractivity contribution >= 4 is 57.2 Å². The Hall–Kier alpha value is -6.53. The Morgan fingerprint density at radius 3 is 0.900 bits per heavy atom. The molecule has 450 valence electrons. The van der Waals surface area contributed by atoms with Gasteiger partial charge >= 0.3 is 128 Å². The second kappa shape index (κ2) is 31.7. The Labute approximate surface area is 579 Å². The molecule has 3 fully saturated rings. The minimum absolute atomic E-state index is 0. The van der Waals surface area contributed by atoms with Crippen molar-refractivity contribution < 1.29 is 191 Å². The first kappa shape index (κ1) is 70.9. The Kier molecular flexibility index (Phi) is 25.0. The molecule has 3 aromatic heterocycles. The first-order valence-electron chi connectivity index (χ1n) is 27.2. The number of aromatic nitrogens is 6. The first-order chi connectivity index (χ1) is 41.7. The normalized spacial score (nSPS) is 16.0. The van der Waals surface area contributed by atoms with E-state index < -0.39 is 57.2 Å². The van der Waals surface area contributed by atoms with Crippen LogP contribution in [0.3, 0.4) is 0 Å². The van der Waals surface area contributed by atoms with Gasteiger partial charge in [0.1, 0.15) is 86.6 Å². The summed E-state index contributed by atoms with van der Waals surface area (Å²) in [7, 11) is -3.08. The van der Waals surface area contributed by atoms with Crippen molar-refractivity contribution in [3.05, 3.63) is 141 Å². The van der Waals surface area contributed by atoms with Crippen molar-refractivity contribution in [2.75, 3.05) is 39.3 Å². The maximum atomic E-state index is 11.8. The van der Waals surface area contributed by atoms with Gasteiger partial charge in [-0.15, -0.1) is 0 Å². The van der Waals surface area contributed by atoms with E-state index in [9.17, 15) is 74.5 Å². The van der Waals surface area contributed by atoms with E-state index in [1.165, 1.54) is 18.6 Å². The van der Waals surface area contributed by atoms with Crippen LogP contribution in [0.4, 0.5) is 0 Å². The van der Waals surface area contributed by atoms with E-state index in [-0.39, 0.29) is 175 Å². The van der Waals surface area contributed by atoms with Crippen LogP contribution >= 0.6 is 0 Å². The van der Waals surface area contributed by atoms with Crippen LogP contribution in [0.1, 0.15) is 96.3 Å². The van der Waals surface area contributed by atoms with Crippen LogP contribution in [0.5, 0.6) is 34.5 Å². The molecule has 0 saturated carbocycles. The van der Waals surface area contributed by atoms with E-state index in [2.05, 4.69) is 29.9 Å². The van der Waals surface area contributed by atoms with E-state index in [4.69, 9.17) is 28.2 Å². The molecule has 6 N–H and O–H groups in total. The zero-order chi connectivity index (χ0) is 61.6. The fraction of sp³-hybridized carbons (Fsp3) is 0.333. The molecule has 0 aliphatic carbocycles. The molecule has 0 spiro atoms. The number of ether oxygens (including phenoxy) is 3. The third-order valence-electron chi connectivity index (χ3n) is 14.5. The van der Waals surface area contributed by atoms with Crippen molar-refractivity contribution in [2.24, 2.45) is 0 Å². The second-order valence-corrected chi connectivity index (χ2v) is 20.9. The molecule has 90 heavy (non-hydrogen) atoms. The smallest absolute Gasteiger partial charge is 0.543 e. The Balaban J connectivity index is 0.000000189. The Morgan fingerprint density at radius 1 is 0.433 bits per heavy atom. The van der Waals surface area contributed by atoms with Crippen molar-refractivity contribution in [1.29, 1.82) is 0 Å². The van der Waals surface area contributed by atoms with Crippen LogP contribution < -0.4 is 132 Å². The SMILES string of the molecule is O=C([O-])c1cnc(CN2CC(Oc3ccc4c(c3C(=O)O)OB(O)CC4)C2)cn1.O=C([O-])c1cnc(CN2CC(Oc3ccc4c(c3C(=O)O)OB(O)CC4)C2)cn1.O=C([O-])c1cnc(CN2CC(Oc3ccc4c(c3C(=O)O)OB(O)CC4)C2)cn1.[Na+].[Na+].[Na+]. The van der Waals surface area contributed by atoms with Gasteiger partial charge in [0.15, 0.2) is 0 Å². The van der Waals surface area contributed by atoms with Crippen LogP contribution in [-0.4, -0.2) is 190 Å². The summed E-state index contributed by atoms with van der Waals surface area (Å²) in [6.45, 7) is 4.66. The van der Waals surface area contributed by atoms with Crippen LogP contribution in [0.2, 0.25) is 19.0 Å². The second-order valence-electron chi connectivity index (χ2n) is 20.9. The summed E-state index contributed by atoms with van der Waals surface area (Å²) in [4.78, 5) is 96.8. The summed E-state index contributed by atoms with van der Waals surface area (Å²) in [5.41, 5.74) is 3.10. The molecule has 6 aliphatic heterocycles. The molecule has 0 unspecified atom stereocenters. The average molecular weight is 1260 g/mol. The first-order valence-corrected chi connectivity index (χ1v) is 27.2. The minimum Gasteiger partial charge on any atom is -0.543 e. The van der Waals surface area contributed by atoms with E-state index in [0.717, 1.165) is 35.3 Å². The zero-order valence-corrected chi connectivity index (χ0v) is 54.8. The number of rotatable bonds is 18. The van der Waals surface area contributed by atoms with Crippen molar-refractivity contribution in [3.63, 3.8) is 0 Å². The molecular weight excluding hydrogens is 1210 g/mol. The summed E-state index contributed by atoms with van der Waals surface area (Å²) in [6.07, 6.45) is 9.81. The van der Waals surface area contributed by atoms with E-state index in [0.29, 0.717) is 114 Å². The number of hydrogen-bond donors (Lipinski definition) is 6. The number of carboxylic acid groups (broad SMARTS) is 6. The molecule has 0 amide bonds. The Bertz CT molecular complexity index is 3230. The topological polar surface area (TPSA) is 435 Å². The van der Waals surface area contributed by atoms with Crippen molar-refractivity contribution in [2.45, 2.75) is 76.2 Å². The number of hydrogen-bond acceptors (Lipinski definition) is 27. The van der Waals surface area contributed by atoms with Gasteiger partial charge in [0, 0.05) is 58.9 Å². The van der Waals surface area contributed by atoms with Crippen LogP contribution in [-0.2, 0) is 38.9 Å². The third-order valence-corrected chi connectivity index (χ3v) is 14.5.